The molecule has 0 heterocycles. The van der Waals surface area contributed by atoms with Crippen molar-refractivity contribution >= 4 is 11.9 Å². The third kappa shape index (κ3) is 7.65. The van der Waals surface area contributed by atoms with E-state index in [9.17, 15) is 9.59 Å². The van der Waals surface area contributed by atoms with E-state index in [0.717, 1.165) is 11.3 Å². The smallest absolute Gasteiger partial charge is 0.308 e. The minimum Gasteiger partial charge on any atom is -0.497 e. The van der Waals surface area contributed by atoms with Crippen LogP contribution in [0.1, 0.15) is 32.8 Å². The Morgan fingerprint density at radius 1 is 1.30 bits per heavy atom. The molecule has 0 radical (unpaired) electrons. The maximum atomic E-state index is 11.9. The molecular weight excluding hydrogens is 296 g/mol. The highest BCUT2D eigenvalue weighted by atomic mass is 16.6. The van der Waals surface area contributed by atoms with Crippen LogP contribution in [0.3, 0.4) is 0 Å². The molecule has 1 rings (SSSR count). The van der Waals surface area contributed by atoms with E-state index in [1.54, 1.807) is 27.9 Å². The van der Waals surface area contributed by atoms with E-state index in [4.69, 9.17) is 15.2 Å². The van der Waals surface area contributed by atoms with Crippen LogP contribution in [0.25, 0.3) is 0 Å². The molecule has 23 heavy (non-hydrogen) atoms. The predicted octanol–water partition coefficient (Wildman–Crippen LogP) is 1.41. The lowest BCUT2D eigenvalue weighted by Gasteiger charge is -2.20. The molecule has 0 aromatic heterocycles. The molecule has 128 valence electrons. The Hall–Kier alpha value is -2.08. The quantitative estimate of drug-likeness (QED) is 0.741. The van der Waals surface area contributed by atoms with Crippen LogP contribution in [0.5, 0.6) is 5.75 Å². The third-order valence-electron chi connectivity index (χ3n) is 2.99. The number of nitrogens with two attached hydrogens (primary N) is 1. The molecule has 0 unspecified atom stereocenters. The largest absolute Gasteiger partial charge is 0.497 e. The van der Waals surface area contributed by atoms with Crippen LogP contribution in [0, 0.1) is 0 Å². The number of esters is 1. The zero-order valence-corrected chi connectivity index (χ0v) is 14.2. The van der Waals surface area contributed by atoms with Crippen LogP contribution in [0.2, 0.25) is 0 Å². The Kier molecular flexibility index (Phi) is 7.03. The summed E-state index contributed by atoms with van der Waals surface area (Å²) in [6.45, 7) is 5.74. The number of amides is 1. The first-order chi connectivity index (χ1) is 10.7. The van der Waals surface area contributed by atoms with Gasteiger partial charge in [-0.2, -0.15) is 0 Å². The molecule has 0 aliphatic rings. The molecule has 3 N–H and O–H groups in total. The Balaban J connectivity index is 2.36. The number of carbonyl (C=O) groups is 2. The van der Waals surface area contributed by atoms with E-state index in [0.29, 0.717) is 13.0 Å². The Labute approximate surface area is 137 Å². The van der Waals surface area contributed by atoms with Crippen LogP contribution in [-0.4, -0.2) is 37.2 Å². The third-order valence-corrected chi connectivity index (χ3v) is 2.99. The average molecular weight is 322 g/mol. The first-order valence-electron chi connectivity index (χ1n) is 7.59. The molecule has 0 aliphatic heterocycles. The van der Waals surface area contributed by atoms with Gasteiger partial charge in [0.1, 0.15) is 11.4 Å². The van der Waals surface area contributed by atoms with Crippen LogP contribution < -0.4 is 15.8 Å². The van der Waals surface area contributed by atoms with Gasteiger partial charge in [0.2, 0.25) is 5.91 Å². The lowest BCUT2D eigenvalue weighted by atomic mass is 10.1. The molecule has 0 fully saturated rings. The average Bonchev–Trinajstić information content (AvgIpc) is 2.45. The number of ether oxygens (including phenoxy) is 2. The maximum Gasteiger partial charge on any atom is 0.308 e. The number of hydrogen-bond acceptors (Lipinski definition) is 5. The van der Waals surface area contributed by atoms with Gasteiger partial charge in [-0.25, -0.2) is 0 Å². The van der Waals surface area contributed by atoms with E-state index in [2.05, 4.69) is 5.32 Å². The first kappa shape index (κ1) is 19.0. The summed E-state index contributed by atoms with van der Waals surface area (Å²) in [7, 11) is 1.61. The molecule has 1 atom stereocenters. The lowest BCUT2D eigenvalue weighted by molar-refractivity contribution is -0.156. The molecule has 1 aromatic rings. The molecule has 1 aromatic carbocycles. The van der Waals surface area contributed by atoms with Crippen molar-refractivity contribution in [2.24, 2.45) is 5.73 Å². The van der Waals surface area contributed by atoms with E-state index >= 15 is 0 Å². The second-order valence-electron chi connectivity index (χ2n) is 6.29. The van der Waals surface area contributed by atoms with Crippen LogP contribution in [0.4, 0.5) is 0 Å². The van der Waals surface area contributed by atoms with E-state index < -0.39 is 17.6 Å². The molecule has 6 heteroatoms. The SMILES string of the molecule is COc1cccc(CCNC(=O)[C@@H](N)CC(=O)OC(C)(C)C)c1. The number of rotatable bonds is 7. The van der Waals surface area contributed by atoms with Crippen LogP contribution in [0.15, 0.2) is 24.3 Å². The zero-order chi connectivity index (χ0) is 17.5. The summed E-state index contributed by atoms with van der Waals surface area (Å²) in [5.74, 6) is -0.0674. The highest BCUT2D eigenvalue weighted by Crippen LogP contribution is 2.12. The second kappa shape index (κ2) is 8.53. The van der Waals surface area contributed by atoms with Crippen molar-refractivity contribution in [2.45, 2.75) is 45.3 Å². The van der Waals surface area contributed by atoms with Crippen LogP contribution in [-0.2, 0) is 20.7 Å². The molecule has 0 saturated heterocycles. The lowest BCUT2D eigenvalue weighted by Crippen LogP contribution is -2.43. The van der Waals surface area contributed by atoms with E-state index in [-0.39, 0.29) is 12.3 Å². The normalized spacial score (nSPS) is 12.4. The maximum absolute atomic E-state index is 11.9. The standard InChI is InChI=1S/C17H26N2O4/c1-17(2,3)23-15(20)11-14(18)16(21)19-9-8-12-6-5-7-13(10-12)22-4/h5-7,10,14H,8-9,11,18H2,1-4H3,(H,19,21)/t14-/m0/s1. The van der Waals surface area contributed by atoms with Gasteiger partial charge in [-0.05, 0) is 44.9 Å². The van der Waals surface area contributed by atoms with Gasteiger partial charge in [0.15, 0.2) is 0 Å². The van der Waals surface area contributed by atoms with Gasteiger partial charge in [0.25, 0.3) is 0 Å². The van der Waals surface area contributed by atoms with E-state index in [1.165, 1.54) is 0 Å². The molecule has 0 saturated carbocycles. The summed E-state index contributed by atoms with van der Waals surface area (Å²) in [5.41, 5.74) is 6.19. The van der Waals surface area contributed by atoms with E-state index in [1.807, 2.05) is 24.3 Å². The summed E-state index contributed by atoms with van der Waals surface area (Å²) >= 11 is 0. The van der Waals surface area contributed by atoms with Gasteiger partial charge in [-0.1, -0.05) is 12.1 Å². The summed E-state index contributed by atoms with van der Waals surface area (Å²) in [6, 6.07) is 6.71. The topological polar surface area (TPSA) is 90.6 Å². The van der Waals surface area contributed by atoms with Gasteiger partial charge in [0, 0.05) is 6.54 Å². The van der Waals surface area contributed by atoms with Crippen LogP contribution >= 0.6 is 0 Å². The van der Waals surface area contributed by atoms with Gasteiger partial charge < -0.3 is 20.5 Å². The highest BCUT2D eigenvalue weighted by molar-refractivity contribution is 5.86. The molecular formula is C17H26N2O4. The van der Waals surface area contributed by atoms with Crippen molar-refractivity contribution in [1.82, 2.24) is 5.32 Å². The van der Waals surface area contributed by atoms with Gasteiger partial charge in [-0.3, -0.25) is 9.59 Å². The number of methoxy groups -OCH3 is 1. The van der Waals surface area contributed by atoms with Crippen molar-refractivity contribution in [2.75, 3.05) is 13.7 Å². The van der Waals surface area contributed by atoms with Gasteiger partial charge >= 0.3 is 5.97 Å². The fourth-order valence-corrected chi connectivity index (χ4v) is 1.94. The summed E-state index contributed by atoms with van der Waals surface area (Å²) in [6.07, 6.45) is 0.518. The van der Waals surface area contributed by atoms with Crippen molar-refractivity contribution in [3.05, 3.63) is 29.8 Å². The molecule has 0 spiro atoms. The summed E-state index contributed by atoms with van der Waals surface area (Å²) < 4.78 is 10.3. The van der Waals surface area contributed by atoms with Crippen molar-refractivity contribution < 1.29 is 19.1 Å². The minimum absolute atomic E-state index is 0.137. The summed E-state index contributed by atoms with van der Waals surface area (Å²) in [5, 5.41) is 2.72. The zero-order valence-electron chi connectivity index (χ0n) is 14.2. The number of carbonyl (C=O) groups excluding carboxylic acids is 2. The second-order valence-corrected chi connectivity index (χ2v) is 6.29. The first-order valence-corrected chi connectivity index (χ1v) is 7.59. The summed E-state index contributed by atoms with van der Waals surface area (Å²) in [4.78, 5) is 23.5. The number of benzene rings is 1. The highest BCUT2D eigenvalue weighted by Gasteiger charge is 2.22. The molecule has 0 aliphatic carbocycles. The monoisotopic (exact) mass is 322 g/mol. The molecule has 6 nitrogen and oxygen atoms in total. The van der Waals surface area contributed by atoms with Crippen molar-refractivity contribution in [3.63, 3.8) is 0 Å². The molecule has 0 bridgehead atoms. The van der Waals surface area contributed by atoms with Gasteiger partial charge in [-0.15, -0.1) is 0 Å². The fourth-order valence-electron chi connectivity index (χ4n) is 1.94. The van der Waals surface area contributed by atoms with Gasteiger partial charge in [0.05, 0.1) is 19.6 Å². The van der Waals surface area contributed by atoms with Crippen molar-refractivity contribution in [1.29, 1.82) is 0 Å². The Morgan fingerprint density at radius 2 is 2.00 bits per heavy atom. The Bertz CT molecular complexity index is 538. The van der Waals surface area contributed by atoms with Crippen molar-refractivity contribution in [3.8, 4) is 5.75 Å². The molecule has 1 amide bonds. The number of hydrogen-bond donors (Lipinski definition) is 2. The minimum atomic E-state index is -0.907. The number of nitrogens with one attached hydrogen (secondary N) is 1. The predicted molar refractivity (Wildman–Crippen MR) is 88.1 cm³/mol. The Morgan fingerprint density at radius 3 is 2.61 bits per heavy atom. The fraction of sp³-hybridized carbons (Fsp3) is 0.529.